The Kier molecular flexibility index (Phi) is 7.24. The van der Waals surface area contributed by atoms with Crippen molar-refractivity contribution in [1.82, 2.24) is 14.4 Å². The first-order valence-corrected chi connectivity index (χ1v) is 13.5. The molecule has 4 heteroatoms. The van der Waals surface area contributed by atoms with Crippen molar-refractivity contribution in [3.05, 3.63) is 46.7 Å². The van der Waals surface area contributed by atoms with Crippen LogP contribution in [0.15, 0.2) is 35.4 Å². The van der Waals surface area contributed by atoms with E-state index in [1.807, 2.05) is 0 Å². The SMILES string of the molecule is CC(C)=C1CCC(N2CCC(n3c(CCO)c(CN4CCCC4)c4ccccc43)CC2)CC1. The van der Waals surface area contributed by atoms with Crippen LogP contribution in [0, 0.1) is 0 Å². The predicted octanol–water partition coefficient (Wildman–Crippen LogP) is 5.69. The van der Waals surface area contributed by atoms with Crippen molar-refractivity contribution < 1.29 is 5.11 Å². The van der Waals surface area contributed by atoms with Crippen LogP contribution in [0.3, 0.4) is 0 Å². The Hall–Kier alpha value is -1.62. The number of allylic oxidation sites excluding steroid dienone is 2. The Balaban J connectivity index is 1.35. The Bertz CT molecular complexity index is 962. The smallest absolute Gasteiger partial charge is 0.0488 e. The maximum Gasteiger partial charge on any atom is 0.0488 e. The molecule has 180 valence electrons. The molecule has 2 aliphatic heterocycles. The normalized spacial score (nSPS) is 23.6. The Morgan fingerprint density at radius 2 is 1.61 bits per heavy atom. The lowest BCUT2D eigenvalue weighted by molar-refractivity contribution is 0.116. The number of nitrogens with zero attached hydrogens (tertiary/aromatic N) is 3. The second-order valence-electron chi connectivity index (χ2n) is 10.9. The van der Waals surface area contributed by atoms with Gasteiger partial charge in [-0.1, -0.05) is 29.3 Å². The van der Waals surface area contributed by atoms with Gasteiger partial charge in [0.25, 0.3) is 0 Å². The molecular formula is C29H43N3O. The fourth-order valence-corrected chi connectivity index (χ4v) is 6.85. The fraction of sp³-hybridized carbons (Fsp3) is 0.655. The van der Waals surface area contributed by atoms with Crippen LogP contribution >= 0.6 is 0 Å². The monoisotopic (exact) mass is 449 g/mol. The highest BCUT2D eigenvalue weighted by atomic mass is 16.3. The van der Waals surface area contributed by atoms with E-state index in [9.17, 15) is 5.11 Å². The molecular weight excluding hydrogens is 406 g/mol. The van der Waals surface area contributed by atoms with Gasteiger partial charge in [0.15, 0.2) is 0 Å². The first-order valence-electron chi connectivity index (χ1n) is 13.5. The number of aliphatic hydroxyl groups is 1. The quantitative estimate of drug-likeness (QED) is 0.575. The Labute approximate surface area is 200 Å². The van der Waals surface area contributed by atoms with E-state index >= 15 is 0 Å². The van der Waals surface area contributed by atoms with Crippen LogP contribution in [0.25, 0.3) is 10.9 Å². The lowest BCUT2D eigenvalue weighted by Gasteiger charge is -2.41. The van der Waals surface area contributed by atoms with E-state index in [2.05, 4.69) is 52.5 Å². The average Bonchev–Trinajstić information content (AvgIpc) is 3.47. The summed E-state index contributed by atoms with van der Waals surface area (Å²) in [6, 6.07) is 10.3. The number of aromatic nitrogens is 1. The van der Waals surface area contributed by atoms with Gasteiger partial charge in [-0.05, 0) is 89.9 Å². The number of piperidine rings is 1. The molecule has 0 spiro atoms. The van der Waals surface area contributed by atoms with Gasteiger partial charge in [-0.15, -0.1) is 0 Å². The average molecular weight is 450 g/mol. The first kappa shape index (κ1) is 23.1. The van der Waals surface area contributed by atoms with Crippen LogP contribution in [0.5, 0.6) is 0 Å². The third-order valence-electron chi connectivity index (χ3n) is 8.70. The zero-order valence-electron chi connectivity index (χ0n) is 20.9. The van der Waals surface area contributed by atoms with Crippen molar-refractivity contribution in [1.29, 1.82) is 0 Å². The minimum absolute atomic E-state index is 0.233. The molecule has 1 aliphatic carbocycles. The molecule has 0 radical (unpaired) electrons. The summed E-state index contributed by atoms with van der Waals surface area (Å²) in [6.07, 6.45) is 11.2. The van der Waals surface area contributed by atoms with Crippen LogP contribution in [-0.2, 0) is 13.0 Å². The molecule has 0 amide bonds. The van der Waals surface area contributed by atoms with Gasteiger partial charge in [0.05, 0.1) is 0 Å². The molecule has 2 aromatic rings. The van der Waals surface area contributed by atoms with E-state index in [0.717, 1.165) is 19.0 Å². The maximum atomic E-state index is 9.99. The number of para-hydroxylation sites is 1. The highest BCUT2D eigenvalue weighted by molar-refractivity contribution is 5.85. The van der Waals surface area contributed by atoms with Crippen LogP contribution in [-0.4, -0.2) is 58.3 Å². The third-order valence-corrected chi connectivity index (χ3v) is 8.70. The second-order valence-corrected chi connectivity index (χ2v) is 10.9. The van der Waals surface area contributed by atoms with Crippen LogP contribution in [0.1, 0.15) is 82.5 Å². The van der Waals surface area contributed by atoms with Crippen molar-refractivity contribution in [2.24, 2.45) is 0 Å². The van der Waals surface area contributed by atoms with Crippen LogP contribution < -0.4 is 0 Å². The number of rotatable bonds is 6. The summed E-state index contributed by atoms with van der Waals surface area (Å²) in [6.45, 7) is 10.7. The van der Waals surface area contributed by atoms with Gasteiger partial charge < -0.3 is 14.6 Å². The summed E-state index contributed by atoms with van der Waals surface area (Å²) in [7, 11) is 0. The first-order chi connectivity index (χ1) is 16.2. The molecule has 0 bridgehead atoms. The number of fused-ring (bicyclic) bond motifs is 1. The Morgan fingerprint density at radius 3 is 2.27 bits per heavy atom. The minimum atomic E-state index is 0.233. The largest absolute Gasteiger partial charge is 0.396 e. The lowest BCUT2D eigenvalue weighted by atomic mass is 9.86. The zero-order valence-corrected chi connectivity index (χ0v) is 20.9. The fourth-order valence-electron chi connectivity index (χ4n) is 6.85. The molecule has 33 heavy (non-hydrogen) atoms. The van der Waals surface area contributed by atoms with Crippen LogP contribution in [0.4, 0.5) is 0 Å². The second kappa shape index (κ2) is 10.3. The molecule has 1 aromatic carbocycles. The minimum Gasteiger partial charge on any atom is -0.396 e. The van der Waals surface area contributed by atoms with Gasteiger partial charge in [0.1, 0.15) is 0 Å². The summed E-state index contributed by atoms with van der Waals surface area (Å²) >= 11 is 0. The summed E-state index contributed by atoms with van der Waals surface area (Å²) in [5.41, 5.74) is 7.52. The zero-order chi connectivity index (χ0) is 22.8. The third kappa shape index (κ3) is 4.80. The molecule has 2 saturated heterocycles. The maximum absolute atomic E-state index is 9.99. The summed E-state index contributed by atoms with van der Waals surface area (Å²) in [5.74, 6) is 0. The van der Waals surface area contributed by atoms with Gasteiger partial charge >= 0.3 is 0 Å². The van der Waals surface area contributed by atoms with Crippen molar-refractivity contribution in [3.8, 4) is 0 Å². The van der Waals surface area contributed by atoms with E-state index in [1.54, 1.807) is 11.1 Å². The number of benzene rings is 1. The Morgan fingerprint density at radius 1 is 0.909 bits per heavy atom. The molecule has 3 fully saturated rings. The van der Waals surface area contributed by atoms with E-state index in [1.165, 1.54) is 99.7 Å². The summed E-state index contributed by atoms with van der Waals surface area (Å²) in [5, 5.41) is 11.4. The van der Waals surface area contributed by atoms with Crippen molar-refractivity contribution in [2.45, 2.75) is 90.3 Å². The van der Waals surface area contributed by atoms with Gasteiger partial charge in [0, 0.05) is 61.3 Å². The highest BCUT2D eigenvalue weighted by Crippen LogP contribution is 2.37. The summed E-state index contributed by atoms with van der Waals surface area (Å²) in [4.78, 5) is 5.40. The van der Waals surface area contributed by atoms with E-state index in [4.69, 9.17) is 0 Å². The molecule has 3 heterocycles. The van der Waals surface area contributed by atoms with Crippen LogP contribution in [0.2, 0.25) is 0 Å². The van der Waals surface area contributed by atoms with E-state index in [-0.39, 0.29) is 6.61 Å². The highest BCUT2D eigenvalue weighted by Gasteiger charge is 2.30. The molecule has 1 aromatic heterocycles. The molecule has 0 atom stereocenters. The lowest BCUT2D eigenvalue weighted by Crippen LogP contribution is -2.43. The molecule has 3 aliphatic rings. The summed E-state index contributed by atoms with van der Waals surface area (Å²) < 4.78 is 2.65. The molecule has 4 nitrogen and oxygen atoms in total. The number of hydrogen-bond acceptors (Lipinski definition) is 3. The molecule has 5 rings (SSSR count). The van der Waals surface area contributed by atoms with Crippen molar-refractivity contribution in [2.75, 3.05) is 32.8 Å². The van der Waals surface area contributed by atoms with Crippen molar-refractivity contribution >= 4 is 10.9 Å². The molecule has 1 N–H and O–H groups in total. The predicted molar refractivity (Wildman–Crippen MR) is 138 cm³/mol. The van der Waals surface area contributed by atoms with Crippen molar-refractivity contribution in [3.63, 3.8) is 0 Å². The topological polar surface area (TPSA) is 31.6 Å². The number of hydrogen-bond donors (Lipinski definition) is 1. The van der Waals surface area contributed by atoms with Gasteiger partial charge in [0.2, 0.25) is 0 Å². The van der Waals surface area contributed by atoms with E-state index < -0.39 is 0 Å². The molecule has 1 saturated carbocycles. The van der Waals surface area contributed by atoms with E-state index in [0.29, 0.717) is 6.04 Å². The molecule has 0 unspecified atom stereocenters. The number of likely N-dealkylation sites (tertiary alicyclic amines) is 2. The van der Waals surface area contributed by atoms with Gasteiger partial charge in [-0.3, -0.25) is 4.90 Å². The van der Waals surface area contributed by atoms with Gasteiger partial charge in [-0.25, -0.2) is 0 Å². The number of aliphatic hydroxyl groups excluding tert-OH is 1. The van der Waals surface area contributed by atoms with Gasteiger partial charge in [-0.2, -0.15) is 0 Å². The standard InChI is InChI=1S/C29H43N3O/c1-22(2)23-9-11-24(12-10-23)31-18-13-25(14-19-31)32-28-8-4-3-7-26(28)27(29(32)15-20-33)21-30-16-5-6-17-30/h3-4,7-8,24-25,33H,5-6,9-21H2,1-2H3.